The molecule has 2 atom stereocenters. The predicted octanol–water partition coefficient (Wildman–Crippen LogP) is 3.62. The maximum absolute atomic E-state index is 12.9. The Balaban J connectivity index is 1.47. The lowest BCUT2D eigenvalue weighted by molar-refractivity contribution is -0.0176. The van der Waals surface area contributed by atoms with Gasteiger partial charge in [-0.15, -0.1) is 0 Å². The van der Waals surface area contributed by atoms with Gasteiger partial charge in [-0.05, 0) is 67.9 Å². The maximum atomic E-state index is 12.9. The fourth-order valence-electron chi connectivity index (χ4n) is 4.81. The van der Waals surface area contributed by atoms with Crippen molar-refractivity contribution in [2.24, 2.45) is 5.73 Å². The molecule has 1 fully saturated rings. The summed E-state index contributed by atoms with van der Waals surface area (Å²) in [5.41, 5.74) is 9.89. The summed E-state index contributed by atoms with van der Waals surface area (Å²) < 4.78 is 32.8. The Bertz CT molecular complexity index is 1300. The molecule has 0 aliphatic carbocycles. The molecular weight excluding hydrogens is 478 g/mol. The van der Waals surface area contributed by atoms with Gasteiger partial charge in [0.15, 0.2) is 0 Å². The average Bonchev–Trinajstić information content (AvgIpc) is 3.30. The molecule has 9 heteroatoms. The predicted molar refractivity (Wildman–Crippen MR) is 141 cm³/mol. The van der Waals surface area contributed by atoms with Crippen molar-refractivity contribution in [1.82, 2.24) is 9.29 Å². The van der Waals surface area contributed by atoms with Crippen molar-refractivity contribution in [1.29, 1.82) is 0 Å². The summed E-state index contributed by atoms with van der Waals surface area (Å²) in [6, 6.07) is 13.8. The number of aromatic nitrogens is 1. The number of hydrogen-bond donors (Lipinski definition) is 3. The van der Waals surface area contributed by atoms with Gasteiger partial charge in [-0.2, -0.15) is 0 Å². The lowest BCUT2D eigenvalue weighted by Gasteiger charge is -2.31. The number of amides is 1. The summed E-state index contributed by atoms with van der Waals surface area (Å²) in [6.07, 6.45) is 2.80. The molecule has 1 aliphatic rings. The zero-order valence-electron chi connectivity index (χ0n) is 20.8. The van der Waals surface area contributed by atoms with Crippen LogP contribution in [-0.2, 0) is 14.8 Å². The molecule has 2 aromatic carbocycles. The maximum Gasteiger partial charge on any atom is 0.250 e. The lowest BCUT2D eigenvalue weighted by atomic mass is 9.88. The number of rotatable bonds is 10. The first-order chi connectivity index (χ1) is 17.2. The molecule has 2 unspecified atom stereocenters. The van der Waals surface area contributed by atoms with Gasteiger partial charge in [-0.25, -0.2) is 12.7 Å². The second-order valence-corrected chi connectivity index (χ2v) is 11.7. The molecule has 1 aliphatic heterocycles. The van der Waals surface area contributed by atoms with Crippen LogP contribution in [-0.4, -0.2) is 66.4 Å². The Labute approximate surface area is 212 Å². The van der Waals surface area contributed by atoms with Crippen LogP contribution in [0, 0.1) is 0 Å². The van der Waals surface area contributed by atoms with Crippen LogP contribution in [0.2, 0.25) is 0 Å². The molecule has 1 saturated heterocycles. The molecule has 0 radical (unpaired) electrons. The normalized spacial score (nSPS) is 17.3. The minimum atomic E-state index is -3.38. The minimum absolute atomic E-state index is 0.0275. The fraction of sp³-hybridized carbons (Fsp3) is 0.444. The molecule has 0 saturated carbocycles. The molecule has 0 spiro atoms. The summed E-state index contributed by atoms with van der Waals surface area (Å²) in [5.74, 6) is -0.286. The third-order valence-electron chi connectivity index (χ3n) is 7.09. The number of ether oxygens (including phenoxy) is 1. The number of aliphatic hydroxyl groups excluding tert-OH is 1. The van der Waals surface area contributed by atoms with Crippen molar-refractivity contribution in [3.05, 3.63) is 59.8 Å². The molecule has 0 bridgehead atoms. The first-order valence-corrected chi connectivity index (χ1v) is 14.1. The number of fused-ring (bicyclic) bond motifs is 1. The van der Waals surface area contributed by atoms with Crippen molar-refractivity contribution >= 4 is 26.8 Å². The summed E-state index contributed by atoms with van der Waals surface area (Å²) in [5, 5.41) is 10.4. The van der Waals surface area contributed by atoms with Crippen molar-refractivity contribution in [3.63, 3.8) is 0 Å². The van der Waals surface area contributed by atoms with E-state index >= 15 is 0 Å². The highest BCUT2D eigenvalue weighted by molar-refractivity contribution is 7.89. The summed E-state index contributed by atoms with van der Waals surface area (Å²) in [7, 11) is -3.38. The largest absolute Gasteiger partial charge is 0.391 e. The van der Waals surface area contributed by atoms with Crippen LogP contribution in [0.5, 0.6) is 0 Å². The summed E-state index contributed by atoms with van der Waals surface area (Å²) in [4.78, 5) is 15.5. The zero-order valence-corrected chi connectivity index (χ0v) is 21.6. The average molecular weight is 514 g/mol. The number of nitrogens with two attached hydrogens (primary N) is 1. The van der Waals surface area contributed by atoms with E-state index in [0.29, 0.717) is 44.5 Å². The van der Waals surface area contributed by atoms with Gasteiger partial charge in [-0.1, -0.05) is 30.3 Å². The highest BCUT2D eigenvalue weighted by Gasteiger charge is 2.30. The topological polar surface area (TPSA) is 126 Å². The second kappa shape index (κ2) is 11.1. The van der Waals surface area contributed by atoms with Crippen molar-refractivity contribution < 1.29 is 23.1 Å². The van der Waals surface area contributed by atoms with E-state index in [1.807, 2.05) is 42.6 Å². The molecule has 194 valence electrons. The van der Waals surface area contributed by atoms with Crippen LogP contribution in [0.25, 0.3) is 22.0 Å². The Morgan fingerprint density at radius 1 is 1.17 bits per heavy atom. The van der Waals surface area contributed by atoms with Gasteiger partial charge in [0, 0.05) is 31.3 Å². The molecule has 3 aromatic rings. The van der Waals surface area contributed by atoms with Crippen LogP contribution in [0.4, 0.5) is 0 Å². The number of benzene rings is 2. The number of sulfonamides is 1. The number of primary amides is 1. The molecule has 4 N–H and O–H groups in total. The summed E-state index contributed by atoms with van der Waals surface area (Å²) >= 11 is 0. The monoisotopic (exact) mass is 513 g/mol. The number of aliphatic hydroxyl groups is 1. The van der Waals surface area contributed by atoms with E-state index in [1.165, 1.54) is 0 Å². The Hall–Kier alpha value is -2.72. The number of hydrogen-bond acceptors (Lipinski definition) is 5. The number of carbonyl (C=O) groups is 1. The van der Waals surface area contributed by atoms with E-state index in [-0.39, 0.29) is 17.8 Å². The SMILES string of the molecule is CC(O)C(C)OCCCS(=O)(=O)N1CCC(c2c[nH]c3c(C(N)=O)cc(-c4ccccc4)cc23)CC1. The molecule has 1 aromatic heterocycles. The van der Waals surface area contributed by atoms with Crippen molar-refractivity contribution in [3.8, 4) is 11.1 Å². The van der Waals surface area contributed by atoms with Crippen LogP contribution in [0.15, 0.2) is 48.7 Å². The number of H-pyrrole nitrogens is 1. The standard InChI is InChI=1S/C27H35N3O5S/c1-18(31)19(2)35-13-6-14-36(33,34)30-11-9-21(10-12-30)25-17-29-26-23(25)15-22(16-24(26)27(28)32)20-7-4-3-5-8-20/h3-5,7-8,15-19,21,29,31H,6,9-14H2,1-2H3,(H2,28,32). The minimum Gasteiger partial charge on any atom is -0.391 e. The number of piperidine rings is 1. The van der Waals surface area contributed by atoms with E-state index in [2.05, 4.69) is 11.1 Å². The van der Waals surface area contributed by atoms with Gasteiger partial charge < -0.3 is 20.6 Å². The van der Waals surface area contributed by atoms with E-state index in [0.717, 1.165) is 27.6 Å². The number of carbonyl (C=O) groups excluding carboxylic acids is 1. The zero-order chi connectivity index (χ0) is 25.9. The van der Waals surface area contributed by atoms with Crippen LogP contribution in [0.1, 0.15) is 54.9 Å². The van der Waals surface area contributed by atoms with Crippen molar-refractivity contribution in [2.45, 2.75) is 51.2 Å². The highest BCUT2D eigenvalue weighted by atomic mass is 32.2. The first-order valence-electron chi connectivity index (χ1n) is 12.4. The molecular formula is C27H35N3O5S. The first kappa shape index (κ1) is 26.3. The van der Waals surface area contributed by atoms with Crippen LogP contribution in [0.3, 0.4) is 0 Å². The van der Waals surface area contributed by atoms with E-state index in [9.17, 15) is 18.3 Å². The third-order valence-corrected chi connectivity index (χ3v) is 9.04. The van der Waals surface area contributed by atoms with Gasteiger partial charge in [0.05, 0.1) is 29.0 Å². The Morgan fingerprint density at radius 3 is 2.50 bits per heavy atom. The quantitative estimate of drug-likeness (QED) is 0.357. The summed E-state index contributed by atoms with van der Waals surface area (Å²) in [6.45, 7) is 4.61. The fourth-order valence-corrected chi connectivity index (χ4v) is 6.31. The van der Waals surface area contributed by atoms with Gasteiger partial charge >= 0.3 is 0 Å². The van der Waals surface area contributed by atoms with Crippen LogP contribution < -0.4 is 5.73 Å². The highest BCUT2D eigenvalue weighted by Crippen LogP contribution is 2.37. The number of nitrogens with one attached hydrogen (secondary N) is 1. The number of nitrogens with zero attached hydrogens (tertiary/aromatic N) is 1. The number of aromatic amines is 1. The van der Waals surface area contributed by atoms with E-state index < -0.39 is 22.0 Å². The third kappa shape index (κ3) is 5.81. The molecule has 2 heterocycles. The molecule has 36 heavy (non-hydrogen) atoms. The molecule has 8 nitrogen and oxygen atoms in total. The second-order valence-electron chi connectivity index (χ2n) is 9.58. The van der Waals surface area contributed by atoms with Gasteiger partial charge in [0.1, 0.15) is 0 Å². The molecule has 1 amide bonds. The van der Waals surface area contributed by atoms with Gasteiger partial charge in [0.2, 0.25) is 10.0 Å². The smallest absolute Gasteiger partial charge is 0.250 e. The van der Waals surface area contributed by atoms with Crippen LogP contribution >= 0.6 is 0 Å². The van der Waals surface area contributed by atoms with Crippen molar-refractivity contribution in [2.75, 3.05) is 25.4 Å². The Morgan fingerprint density at radius 2 is 1.86 bits per heavy atom. The van der Waals surface area contributed by atoms with E-state index in [1.54, 1.807) is 18.2 Å². The van der Waals surface area contributed by atoms with E-state index in [4.69, 9.17) is 10.5 Å². The lowest BCUT2D eigenvalue weighted by Crippen LogP contribution is -2.39. The molecule has 4 rings (SSSR count). The Kier molecular flexibility index (Phi) is 8.14. The van der Waals surface area contributed by atoms with Gasteiger partial charge in [0.25, 0.3) is 5.91 Å². The van der Waals surface area contributed by atoms with Gasteiger partial charge in [-0.3, -0.25) is 4.79 Å².